The van der Waals surface area contributed by atoms with E-state index in [4.69, 9.17) is 0 Å². The van der Waals surface area contributed by atoms with Gasteiger partial charge in [0.25, 0.3) is 0 Å². The lowest BCUT2D eigenvalue weighted by atomic mass is 10.1. The number of hydrogen-bond acceptors (Lipinski definition) is 2. The van der Waals surface area contributed by atoms with E-state index < -0.39 is 0 Å². The van der Waals surface area contributed by atoms with Crippen molar-refractivity contribution >= 4 is 21.7 Å². The molecule has 0 spiro atoms. The Balaban J connectivity index is 2.26. The first kappa shape index (κ1) is 11.9. The van der Waals surface area contributed by atoms with Gasteiger partial charge in [-0.3, -0.25) is 0 Å². The Morgan fingerprint density at radius 1 is 1.56 bits per heavy atom. The zero-order valence-corrected chi connectivity index (χ0v) is 11.6. The van der Waals surface area contributed by atoms with E-state index >= 15 is 0 Å². The van der Waals surface area contributed by atoms with Gasteiger partial charge in [0.2, 0.25) is 0 Å². The molecular weight excluding hydrogens is 264 g/mol. The van der Waals surface area contributed by atoms with Gasteiger partial charge in [0, 0.05) is 24.1 Å². The Bertz CT molecular complexity index is 365. The molecule has 1 aliphatic heterocycles. The predicted octanol–water partition coefficient (Wildman–Crippen LogP) is 3.66. The minimum absolute atomic E-state index is 0.695. The number of rotatable bonds is 3. The number of halogens is 1. The van der Waals surface area contributed by atoms with E-state index in [1.807, 2.05) is 6.20 Å². The molecule has 0 N–H and O–H groups in total. The average Bonchev–Trinajstić information content (AvgIpc) is 2.76. The van der Waals surface area contributed by atoms with Crippen LogP contribution in [0, 0.1) is 6.92 Å². The summed E-state index contributed by atoms with van der Waals surface area (Å²) in [6.45, 7) is 5.60. The molecular formula is C13H19BrN2. The Morgan fingerprint density at radius 3 is 3.00 bits per heavy atom. The molecule has 0 radical (unpaired) electrons. The number of nitrogens with zero attached hydrogens (tertiary/aromatic N) is 2. The lowest BCUT2D eigenvalue weighted by Crippen LogP contribution is -2.29. The van der Waals surface area contributed by atoms with Crippen LogP contribution in [0.2, 0.25) is 0 Å². The fourth-order valence-electron chi connectivity index (χ4n) is 2.54. The molecule has 0 aliphatic carbocycles. The molecule has 0 aromatic carbocycles. The molecule has 2 rings (SSSR count). The summed E-state index contributed by atoms with van der Waals surface area (Å²) in [5.41, 5.74) is 2.56. The molecule has 1 aliphatic rings. The van der Waals surface area contributed by atoms with Crippen molar-refractivity contribution in [1.29, 1.82) is 0 Å². The van der Waals surface area contributed by atoms with Crippen molar-refractivity contribution < 1.29 is 0 Å². The van der Waals surface area contributed by atoms with Crippen LogP contribution in [-0.2, 0) is 5.33 Å². The van der Waals surface area contributed by atoms with Crippen LogP contribution in [-0.4, -0.2) is 17.6 Å². The molecule has 0 saturated carbocycles. The first-order valence-electron chi connectivity index (χ1n) is 6.04. The standard InChI is InChI=1S/C13H19BrN2/c1-3-12-5-4-6-16(12)13-10(2)7-11(8-14)9-15-13/h7,9,12H,3-6,8H2,1-2H3. The van der Waals surface area contributed by atoms with Gasteiger partial charge in [-0.25, -0.2) is 4.98 Å². The maximum absolute atomic E-state index is 4.63. The zero-order valence-electron chi connectivity index (χ0n) is 10.0. The second-order valence-corrected chi connectivity index (χ2v) is 5.08. The van der Waals surface area contributed by atoms with Crippen LogP contribution in [0.4, 0.5) is 5.82 Å². The lowest BCUT2D eigenvalue weighted by molar-refractivity contribution is 0.639. The molecule has 1 aromatic rings. The molecule has 0 amide bonds. The molecule has 3 heteroatoms. The highest BCUT2D eigenvalue weighted by Gasteiger charge is 2.24. The van der Waals surface area contributed by atoms with Crippen LogP contribution in [0.5, 0.6) is 0 Å². The van der Waals surface area contributed by atoms with E-state index in [1.54, 1.807) is 0 Å². The Morgan fingerprint density at radius 2 is 2.38 bits per heavy atom. The van der Waals surface area contributed by atoms with E-state index in [-0.39, 0.29) is 0 Å². The largest absolute Gasteiger partial charge is 0.353 e. The highest BCUT2D eigenvalue weighted by Crippen LogP contribution is 2.28. The van der Waals surface area contributed by atoms with Crippen molar-refractivity contribution in [2.24, 2.45) is 0 Å². The first-order valence-corrected chi connectivity index (χ1v) is 7.16. The van der Waals surface area contributed by atoms with Gasteiger partial charge in [0.05, 0.1) is 0 Å². The Hall–Kier alpha value is -0.570. The summed E-state index contributed by atoms with van der Waals surface area (Å²) in [7, 11) is 0. The van der Waals surface area contributed by atoms with Gasteiger partial charge in [-0.05, 0) is 37.3 Å². The van der Waals surface area contributed by atoms with Crippen molar-refractivity contribution in [3.63, 3.8) is 0 Å². The maximum atomic E-state index is 4.63. The second-order valence-electron chi connectivity index (χ2n) is 4.52. The third-order valence-electron chi connectivity index (χ3n) is 3.38. The normalized spacial score (nSPS) is 20.4. The highest BCUT2D eigenvalue weighted by molar-refractivity contribution is 9.08. The van der Waals surface area contributed by atoms with Gasteiger partial charge in [0.15, 0.2) is 0 Å². The SMILES string of the molecule is CCC1CCCN1c1ncc(CBr)cc1C. The fraction of sp³-hybridized carbons (Fsp3) is 0.615. The molecule has 88 valence electrons. The number of alkyl halides is 1. The summed E-state index contributed by atoms with van der Waals surface area (Å²) in [5, 5.41) is 0.887. The van der Waals surface area contributed by atoms with Gasteiger partial charge in [-0.2, -0.15) is 0 Å². The van der Waals surface area contributed by atoms with Crippen molar-refractivity contribution in [2.45, 2.75) is 44.5 Å². The Labute approximate surface area is 106 Å². The topological polar surface area (TPSA) is 16.1 Å². The smallest absolute Gasteiger partial charge is 0.131 e. The van der Waals surface area contributed by atoms with Crippen LogP contribution in [0.25, 0.3) is 0 Å². The van der Waals surface area contributed by atoms with Crippen LogP contribution in [0.15, 0.2) is 12.3 Å². The lowest BCUT2D eigenvalue weighted by Gasteiger charge is -2.26. The molecule has 1 unspecified atom stereocenters. The third-order valence-corrected chi connectivity index (χ3v) is 4.03. The summed E-state index contributed by atoms with van der Waals surface area (Å²) < 4.78 is 0. The van der Waals surface area contributed by atoms with Gasteiger partial charge >= 0.3 is 0 Å². The van der Waals surface area contributed by atoms with Crippen LogP contribution in [0.3, 0.4) is 0 Å². The van der Waals surface area contributed by atoms with Crippen LogP contribution < -0.4 is 4.90 Å². The number of hydrogen-bond donors (Lipinski definition) is 0. The number of aromatic nitrogens is 1. The third kappa shape index (κ3) is 2.24. The monoisotopic (exact) mass is 282 g/mol. The molecule has 1 fully saturated rings. The van der Waals surface area contributed by atoms with Crippen LogP contribution >= 0.6 is 15.9 Å². The summed E-state index contributed by atoms with van der Waals surface area (Å²) in [5.74, 6) is 1.19. The molecule has 16 heavy (non-hydrogen) atoms. The van der Waals surface area contributed by atoms with Gasteiger partial charge in [-0.1, -0.05) is 28.9 Å². The molecule has 2 nitrogen and oxygen atoms in total. The molecule has 1 saturated heterocycles. The number of anilines is 1. The van der Waals surface area contributed by atoms with E-state index in [1.165, 1.54) is 42.8 Å². The first-order chi connectivity index (χ1) is 7.76. The maximum Gasteiger partial charge on any atom is 0.131 e. The molecule has 0 bridgehead atoms. The van der Waals surface area contributed by atoms with E-state index in [2.05, 4.69) is 45.7 Å². The predicted molar refractivity (Wildman–Crippen MR) is 72.3 cm³/mol. The van der Waals surface area contributed by atoms with Crippen molar-refractivity contribution in [3.8, 4) is 0 Å². The minimum atomic E-state index is 0.695. The fourth-order valence-corrected chi connectivity index (χ4v) is 2.85. The van der Waals surface area contributed by atoms with Crippen molar-refractivity contribution in [3.05, 3.63) is 23.4 Å². The van der Waals surface area contributed by atoms with Gasteiger partial charge in [-0.15, -0.1) is 0 Å². The Kier molecular flexibility index (Phi) is 3.85. The summed E-state index contributed by atoms with van der Waals surface area (Å²) >= 11 is 3.47. The number of aryl methyl sites for hydroxylation is 1. The van der Waals surface area contributed by atoms with Crippen molar-refractivity contribution in [1.82, 2.24) is 4.98 Å². The average molecular weight is 283 g/mol. The quantitative estimate of drug-likeness (QED) is 0.787. The molecule has 1 aromatic heterocycles. The summed E-state index contributed by atoms with van der Waals surface area (Å²) in [6.07, 6.45) is 5.83. The number of pyridine rings is 1. The highest BCUT2D eigenvalue weighted by atomic mass is 79.9. The van der Waals surface area contributed by atoms with E-state index in [9.17, 15) is 0 Å². The molecule has 1 atom stereocenters. The minimum Gasteiger partial charge on any atom is -0.353 e. The molecule has 2 heterocycles. The summed E-state index contributed by atoms with van der Waals surface area (Å²) in [4.78, 5) is 7.10. The van der Waals surface area contributed by atoms with Gasteiger partial charge < -0.3 is 4.90 Å². The van der Waals surface area contributed by atoms with E-state index in [0.717, 1.165) is 5.33 Å². The van der Waals surface area contributed by atoms with Crippen LogP contribution in [0.1, 0.15) is 37.3 Å². The van der Waals surface area contributed by atoms with E-state index in [0.29, 0.717) is 6.04 Å². The summed E-state index contributed by atoms with van der Waals surface area (Å²) in [6, 6.07) is 2.93. The second kappa shape index (κ2) is 5.17. The van der Waals surface area contributed by atoms with Crippen molar-refractivity contribution in [2.75, 3.05) is 11.4 Å². The van der Waals surface area contributed by atoms with Gasteiger partial charge in [0.1, 0.15) is 5.82 Å². The zero-order chi connectivity index (χ0) is 11.5.